The van der Waals surface area contributed by atoms with Crippen molar-refractivity contribution in [2.75, 3.05) is 37.7 Å². The number of nitrogens with one attached hydrogen (secondary N) is 2. The Morgan fingerprint density at radius 3 is 3.04 bits per heavy atom. The molecule has 25 heavy (non-hydrogen) atoms. The average molecular weight is 348 g/mol. The molecule has 1 atom stereocenters. The van der Waals surface area contributed by atoms with Crippen LogP contribution in [-0.2, 0) is 9.59 Å². The lowest BCUT2D eigenvalue weighted by atomic mass is 10.1. The van der Waals surface area contributed by atoms with Crippen molar-refractivity contribution in [2.45, 2.75) is 12.8 Å². The first-order valence-electron chi connectivity index (χ1n) is 8.23. The highest BCUT2D eigenvalue weighted by Crippen LogP contribution is 2.35. The largest absolute Gasteiger partial charge is 0.482 e. The summed E-state index contributed by atoms with van der Waals surface area (Å²) in [6.07, 6.45) is 1.99. The normalized spacial score (nSPS) is 19.3. The molecule has 9 heteroatoms. The number of rotatable bonds is 6. The Kier molecular flexibility index (Phi) is 5.13. The van der Waals surface area contributed by atoms with E-state index in [1.54, 1.807) is 0 Å². The molecule has 9 nitrogen and oxygen atoms in total. The maximum atomic E-state index is 12.2. The predicted octanol–water partition coefficient (Wildman–Crippen LogP) is 0.436. The van der Waals surface area contributed by atoms with Gasteiger partial charge in [-0.2, -0.15) is 0 Å². The van der Waals surface area contributed by atoms with Gasteiger partial charge in [0.1, 0.15) is 12.3 Å². The molecule has 1 saturated heterocycles. The molecule has 0 saturated carbocycles. The molecule has 0 aromatic heterocycles. The molecule has 1 aromatic rings. The minimum atomic E-state index is -0.548. The van der Waals surface area contributed by atoms with Gasteiger partial charge in [-0.3, -0.25) is 24.6 Å². The highest BCUT2D eigenvalue weighted by Gasteiger charge is 2.29. The summed E-state index contributed by atoms with van der Waals surface area (Å²) in [4.78, 5) is 35.9. The number of ether oxygens (including phenoxy) is 1. The van der Waals surface area contributed by atoms with E-state index in [0.717, 1.165) is 25.9 Å². The Morgan fingerprint density at radius 2 is 2.32 bits per heavy atom. The highest BCUT2D eigenvalue weighted by molar-refractivity contribution is 6.02. The Morgan fingerprint density at radius 1 is 1.48 bits per heavy atom. The monoisotopic (exact) mass is 348 g/mol. The topological polar surface area (TPSA) is 114 Å². The Labute approximate surface area is 144 Å². The van der Waals surface area contributed by atoms with Crippen molar-refractivity contribution in [1.82, 2.24) is 10.6 Å². The third kappa shape index (κ3) is 4.05. The summed E-state index contributed by atoms with van der Waals surface area (Å²) in [5.41, 5.74) is 0.0942. The van der Waals surface area contributed by atoms with E-state index in [9.17, 15) is 19.7 Å². The standard InChI is InChI=1S/C16H20N4O5/c21-15(18-6-4-11-3-5-17-8-11)9-19-13-7-12(20(23)24)1-2-14(13)25-10-16(19)22/h1-2,7,11,17H,3-6,8-10H2,(H,18,21). The van der Waals surface area contributed by atoms with E-state index < -0.39 is 10.8 Å². The predicted molar refractivity (Wildman–Crippen MR) is 89.5 cm³/mol. The van der Waals surface area contributed by atoms with Crippen LogP contribution in [0.2, 0.25) is 0 Å². The summed E-state index contributed by atoms with van der Waals surface area (Å²) in [5, 5.41) is 17.0. The highest BCUT2D eigenvalue weighted by atomic mass is 16.6. The smallest absolute Gasteiger partial charge is 0.271 e. The Balaban J connectivity index is 1.63. The van der Waals surface area contributed by atoms with Gasteiger partial charge in [-0.15, -0.1) is 0 Å². The van der Waals surface area contributed by atoms with Gasteiger partial charge in [0, 0.05) is 18.7 Å². The van der Waals surface area contributed by atoms with Crippen molar-refractivity contribution in [3.63, 3.8) is 0 Å². The van der Waals surface area contributed by atoms with Crippen LogP contribution in [0.15, 0.2) is 18.2 Å². The van der Waals surface area contributed by atoms with Crippen LogP contribution in [0.1, 0.15) is 12.8 Å². The molecule has 0 radical (unpaired) electrons. The number of nitrogens with zero attached hydrogens (tertiary/aromatic N) is 2. The van der Waals surface area contributed by atoms with Crippen LogP contribution in [-0.4, -0.2) is 49.5 Å². The number of amides is 2. The van der Waals surface area contributed by atoms with Gasteiger partial charge < -0.3 is 15.4 Å². The van der Waals surface area contributed by atoms with Crippen molar-refractivity contribution in [3.8, 4) is 5.75 Å². The van der Waals surface area contributed by atoms with Gasteiger partial charge in [-0.1, -0.05) is 0 Å². The lowest BCUT2D eigenvalue weighted by molar-refractivity contribution is -0.384. The van der Waals surface area contributed by atoms with Crippen molar-refractivity contribution in [2.24, 2.45) is 5.92 Å². The molecular formula is C16H20N4O5. The number of nitro benzene ring substituents is 1. The van der Waals surface area contributed by atoms with Crippen LogP contribution in [0.5, 0.6) is 5.75 Å². The Bertz CT molecular complexity index is 687. The molecule has 2 N–H and O–H groups in total. The Hall–Kier alpha value is -2.68. The molecular weight excluding hydrogens is 328 g/mol. The molecule has 1 unspecified atom stereocenters. The summed E-state index contributed by atoms with van der Waals surface area (Å²) in [6, 6.07) is 4.00. The van der Waals surface area contributed by atoms with Crippen molar-refractivity contribution < 1.29 is 19.2 Å². The minimum absolute atomic E-state index is 0.156. The van der Waals surface area contributed by atoms with Crippen molar-refractivity contribution in [3.05, 3.63) is 28.3 Å². The van der Waals surface area contributed by atoms with Gasteiger partial charge in [0.2, 0.25) is 5.91 Å². The van der Waals surface area contributed by atoms with Gasteiger partial charge in [-0.05, 0) is 37.9 Å². The lowest BCUT2D eigenvalue weighted by Gasteiger charge is -2.28. The van der Waals surface area contributed by atoms with E-state index in [4.69, 9.17) is 4.74 Å². The number of carbonyl (C=O) groups is 2. The SMILES string of the molecule is O=C(CN1C(=O)COc2ccc([N+](=O)[O-])cc21)NCCC1CCNC1. The molecule has 1 fully saturated rings. The summed E-state index contributed by atoms with van der Waals surface area (Å²) in [6.45, 7) is 2.15. The second-order valence-electron chi connectivity index (χ2n) is 6.18. The van der Waals surface area contributed by atoms with E-state index in [0.29, 0.717) is 18.2 Å². The van der Waals surface area contributed by atoms with Gasteiger partial charge in [0.25, 0.3) is 11.6 Å². The molecule has 0 bridgehead atoms. The van der Waals surface area contributed by atoms with Gasteiger partial charge in [-0.25, -0.2) is 0 Å². The molecule has 3 rings (SSSR count). The first-order valence-corrected chi connectivity index (χ1v) is 8.23. The second kappa shape index (κ2) is 7.47. The number of hydrogen-bond acceptors (Lipinski definition) is 6. The number of anilines is 1. The van der Waals surface area contributed by atoms with Gasteiger partial charge >= 0.3 is 0 Å². The van der Waals surface area contributed by atoms with Crippen molar-refractivity contribution >= 4 is 23.2 Å². The molecule has 0 aliphatic carbocycles. The summed E-state index contributed by atoms with van der Waals surface area (Å²) in [5.74, 6) is 0.227. The number of fused-ring (bicyclic) bond motifs is 1. The molecule has 2 aliphatic rings. The number of nitro groups is 1. The van der Waals surface area contributed by atoms with Crippen LogP contribution in [0.25, 0.3) is 0 Å². The fourth-order valence-electron chi connectivity index (χ4n) is 3.05. The third-order valence-corrected chi connectivity index (χ3v) is 4.44. The van der Waals surface area contributed by atoms with E-state index in [1.165, 1.54) is 23.1 Å². The zero-order valence-corrected chi connectivity index (χ0v) is 13.7. The third-order valence-electron chi connectivity index (χ3n) is 4.44. The van der Waals surface area contributed by atoms with Gasteiger partial charge in [0.05, 0.1) is 10.6 Å². The van der Waals surface area contributed by atoms with Crippen LogP contribution < -0.4 is 20.3 Å². The quantitative estimate of drug-likeness (QED) is 0.569. The number of hydrogen-bond donors (Lipinski definition) is 2. The van der Waals surface area contributed by atoms with E-state index in [2.05, 4.69) is 10.6 Å². The summed E-state index contributed by atoms with van der Waals surface area (Å²) in [7, 11) is 0. The molecule has 2 heterocycles. The average Bonchev–Trinajstić information content (AvgIpc) is 3.10. The summed E-state index contributed by atoms with van der Waals surface area (Å²) >= 11 is 0. The fraction of sp³-hybridized carbons (Fsp3) is 0.500. The molecule has 1 aromatic carbocycles. The fourth-order valence-corrected chi connectivity index (χ4v) is 3.05. The molecule has 0 spiro atoms. The minimum Gasteiger partial charge on any atom is -0.482 e. The number of carbonyl (C=O) groups excluding carboxylic acids is 2. The van der Waals surface area contributed by atoms with E-state index >= 15 is 0 Å². The van der Waals surface area contributed by atoms with Gasteiger partial charge in [0.15, 0.2) is 6.61 Å². The maximum Gasteiger partial charge on any atom is 0.271 e. The molecule has 134 valence electrons. The zero-order chi connectivity index (χ0) is 17.8. The van der Waals surface area contributed by atoms with E-state index in [1.807, 2.05) is 0 Å². The van der Waals surface area contributed by atoms with Crippen LogP contribution >= 0.6 is 0 Å². The first-order chi connectivity index (χ1) is 12.0. The first kappa shape index (κ1) is 17.2. The maximum absolute atomic E-state index is 12.2. The molecule has 2 amide bonds. The zero-order valence-electron chi connectivity index (χ0n) is 13.7. The van der Waals surface area contributed by atoms with Crippen LogP contribution in [0.4, 0.5) is 11.4 Å². The summed E-state index contributed by atoms with van der Waals surface area (Å²) < 4.78 is 5.28. The van der Waals surface area contributed by atoms with E-state index in [-0.39, 0.29) is 30.4 Å². The molecule has 2 aliphatic heterocycles. The lowest BCUT2D eigenvalue weighted by Crippen LogP contribution is -2.45. The second-order valence-corrected chi connectivity index (χ2v) is 6.18. The van der Waals surface area contributed by atoms with Crippen LogP contribution in [0.3, 0.4) is 0 Å². The van der Waals surface area contributed by atoms with Crippen LogP contribution in [0, 0.1) is 16.0 Å². The number of benzene rings is 1. The number of non-ortho nitro benzene ring substituents is 1. The van der Waals surface area contributed by atoms with Crippen molar-refractivity contribution in [1.29, 1.82) is 0 Å².